The van der Waals surface area contributed by atoms with Crippen molar-refractivity contribution < 1.29 is 9.53 Å². The highest BCUT2D eigenvalue weighted by molar-refractivity contribution is 5.90. The van der Waals surface area contributed by atoms with Crippen LogP contribution in [0.3, 0.4) is 0 Å². The summed E-state index contributed by atoms with van der Waals surface area (Å²) in [4.78, 5) is 14.2. The number of hydrogen-bond acceptors (Lipinski definition) is 4. The van der Waals surface area contributed by atoms with Crippen LogP contribution in [0, 0.1) is 0 Å². The van der Waals surface area contributed by atoms with E-state index in [0.29, 0.717) is 18.2 Å². The molecule has 106 valence electrons. The van der Waals surface area contributed by atoms with Gasteiger partial charge < -0.3 is 4.74 Å². The number of esters is 1. The Morgan fingerprint density at radius 1 is 1.53 bits per heavy atom. The molecule has 0 saturated heterocycles. The average molecular weight is 265 g/mol. The number of nitrogens with zero attached hydrogens (tertiary/aromatic N) is 3. The van der Waals surface area contributed by atoms with E-state index < -0.39 is 0 Å². The van der Waals surface area contributed by atoms with E-state index in [4.69, 9.17) is 4.74 Å². The maximum Gasteiger partial charge on any atom is 0.341 e. The van der Waals surface area contributed by atoms with Crippen molar-refractivity contribution in [3.63, 3.8) is 0 Å². The molecule has 0 atom stereocenters. The highest BCUT2D eigenvalue weighted by Crippen LogP contribution is 2.24. The van der Waals surface area contributed by atoms with Crippen LogP contribution in [0.2, 0.25) is 0 Å². The zero-order valence-electron chi connectivity index (χ0n) is 12.1. The van der Waals surface area contributed by atoms with Crippen molar-refractivity contribution >= 4 is 5.97 Å². The lowest BCUT2D eigenvalue weighted by Crippen LogP contribution is -2.30. The molecule has 0 aromatic carbocycles. The Morgan fingerprint density at radius 3 is 2.84 bits per heavy atom. The summed E-state index contributed by atoms with van der Waals surface area (Å²) in [6, 6.07) is 0.630. The Kier molecular flexibility index (Phi) is 4.58. The van der Waals surface area contributed by atoms with Gasteiger partial charge in [0.15, 0.2) is 0 Å². The Bertz CT molecular complexity index is 436. The van der Waals surface area contributed by atoms with E-state index in [2.05, 4.69) is 17.0 Å². The van der Waals surface area contributed by atoms with Crippen LogP contribution in [0.25, 0.3) is 0 Å². The van der Waals surface area contributed by atoms with Crippen LogP contribution < -0.4 is 0 Å². The Morgan fingerprint density at radius 2 is 2.21 bits per heavy atom. The van der Waals surface area contributed by atoms with Gasteiger partial charge in [0, 0.05) is 19.6 Å². The molecule has 0 bridgehead atoms. The predicted octanol–water partition coefficient (Wildman–Crippen LogP) is 1.97. The normalized spacial score (nSPS) is 16.2. The summed E-state index contributed by atoms with van der Waals surface area (Å²) < 4.78 is 6.85. The first kappa shape index (κ1) is 14.1. The van der Waals surface area contributed by atoms with Gasteiger partial charge >= 0.3 is 5.97 Å². The van der Waals surface area contributed by atoms with E-state index in [9.17, 15) is 4.79 Å². The highest BCUT2D eigenvalue weighted by Gasteiger charge is 2.23. The minimum atomic E-state index is -0.273. The highest BCUT2D eigenvalue weighted by atomic mass is 16.5. The quantitative estimate of drug-likeness (QED) is 0.764. The Labute approximate surface area is 114 Å². The average Bonchev–Trinajstić information content (AvgIpc) is 3.01. The molecule has 19 heavy (non-hydrogen) atoms. The van der Waals surface area contributed by atoms with Crippen molar-refractivity contribution in [1.29, 1.82) is 0 Å². The summed E-state index contributed by atoms with van der Waals surface area (Å²) in [7, 11) is 4.00. The molecule has 0 N–H and O–H groups in total. The van der Waals surface area contributed by atoms with Gasteiger partial charge in [0.1, 0.15) is 5.56 Å². The molecule has 1 heterocycles. The smallest absolute Gasteiger partial charge is 0.341 e. The SMILES string of the molecule is CCOC(=O)c1cnn(C)c1CN(C)C1CCCC1. The first-order valence-electron chi connectivity index (χ1n) is 7.01. The molecule has 1 aromatic heterocycles. The maximum absolute atomic E-state index is 11.9. The van der Waals surface area contributed by atoms with Crippen LogP contribution in [0.1, 0.15) is 48.7 Å². The molecule has 1 aliphatic rings. The zero-order chi connectivity index (χ0) is 13.8. The van der Waals surface area contributed by atoms with E-state index in [1.165, 1.54) is 25.7 Å². The third-order valence-electron chi connectivity index (χ3n) is 3.90. The molecule has 0 radical (unpaired) electrons. The van der Waals surface area contributed by atoms with Crippen LogP contribution in [0.15, 0.2) is 6.20 Å². The molecule has 5 nitrogen and oxygen atoms in total. The summed E-state index contributed by atoms with van der Waals surface area (Å²) in [6.07, 6.45) is 6.73. The van der Waals surface area contributed by atoms with Crippen molar-refractivity contribution in [1.82, 2.24) is 14.7 Å². The summed E-state index contributed by atoms with van der Waals surface area (Å²) in [5.41, 5.74) is 1.53. The molecule has 0 amide bonds. The van der Waals surface area contributed by atoms with Crippen molar-refractivity contribution in [2.75, 3.05) is 13.7 Å². The monoisotopic (exact) mass is 265 g/mol. The Balaban J connectivity index is 2.10. The molecule has 2 rings (SSSR count). The largest absolute Gasteiger partial charge is 0.462 e. The first-order valence-corrected chi connectivity index (χ1v) is 7.01. The minimum absolute atomic E-state index is 0.273. The molecule has 0 spiro atoms. The number of rotatable bonds is 5. The summed E-state index contributed by atoms with van der Waals surface area (Å²) in [5, 5.41) is 4.19. The van der Waals surface area contributed by atoms with Gasteiger partial charge in [0.25, 0.3) is 0 Å². The second-order valence-electron chi connectivity index (χ2n) is 5.20. The van der Waals surface area contributed by atoms with Crippen LogP contribution in [-0.4, -0.2) is 40.3 Å². The van der Waals surface area contributed by atoms with Crippen molar-refractivity contribution in [2.24, 2.45) is 7.05 Å². The topological polar surface area (TPSA) is 47.4 Å². The molecule has 1 aliphatic carbocycles. The third kappa shape index (κ3) is 3.15. The van der Waals surface area contributed by atoms with Gasteiger partial charge in [-0.15, -0.1) is 0 Å². The number of carbonyl (C=O) groups is 1. The lowest BCUT2D eigenvalue weighted by atomic mass is 10.2. The van der Waals surface area contributed by atoms with E-state index in [1.807, 2.05) is 14.0 Å². The van der Waals surface area contributed by atoms with Crippen molar-refractivity contribution in [3.05, 3.63) is 17.5 Å². The molecular weight excluding hydrogens is 242 g/mol. The number of aryl methyl sites for hydroxylation is 1. The molecule has 1 saturated carbocycles. The van der Waals surface area contributed by atoms with E-state index in [0.717, 1.165) is 12.2 Å². The molecule has 1 fully saturated rings. The minimum Gasteiger partial charge on any atom is -0.462 e. The van der Waals surface area contributed by atoms with Gasteiger partial charge in [-0.1, -0.05) is 12.8 Å². The maximum atomic E-state index is 11.9. The third-order valence-corrected chi connectivity index (χ3v) is 3.90. The fourth-order valence-electron chi connectivity index (χ4n) is 2.74. The number of aromatic nitrogens is 2. The standard InChI is InChI=1S/C14H23N3O2/c1-4-19-14(18)12-9-15-17(3)13(12)10-16(2)11-7-5-6-8-11/h9,11H,4-8,10H2,1-3H3. The molecule has 0 unspecified atom stereocenters. The summed E-state index contributed by atoms with van der Waals surface area (Å²) in [5.74, 6) is -0.273. The van der Waals surface area contributed by atoms with Gasteiger partial charge in [-0.25, -0.2) is 4.79 Å². The number of ether oxygens (including phenoxy) is 1. The Hall–Kier alpha value is -1.36. The van der Waals surface area contributed by atoms with Gasteiger partial charge in [0.05, 0.1) is 18.5 Å². The second-order valence-corrected chi connectivity index (χ2v) is 5.20. The van der Waals surface area contributed by atoms with Crippen LogP contribution in [-0.2, 0) is 18.3 Å². The van der Waals surface area contributed by atoms with Crippen LogP contribution in [0.4, 0.5) is 0 Å². The van der Waals surface area contributed by atoms with Crippen LogP contribution >= 0.6 is 0 Å². The summed E-state index contributed by atoms with van der Waals surface area (Å²) in [6.45, 7) is 2.96. The first-order chi connectivity index (χ1) is 9.13. The van der Waals surface area contributed by atoms with Gasteiger partial charge in [-0.3, -0.25) is 9.58 Å². The summed E-state index contributed by atoms with van der Waals surface area (Å²) >= 11 is 0. The van der Waals surface area contributed by atoms with E-state index in [-0.39, 0.29) is 5.97 Å². The molecule has 5 heteroatoms. The molecule has 0 aliphatic heterocycles. The predicted molar refractivity (Wildman–Crippen MR) is 72.9 cm³/mol. The number of hydrogen-bond donors (Lipinski definition) is 0. The zero-order valence-corrected chi connectivity index (χ0v) is 12.1. The lowest BCUT2D eigenvalue weighted by molar-refractivity contribution is 0.0523. The van der Waals surface area contributed by atoms with E-state index >= 15 is 0 Å². The second kappa shape index (κ2) is 6.19. The van der Waals surface area contributed by atoms with E-state index in [1.54, 1.807) is 10.9 Å². The fourth-order valence-corrected chi connectivity index (χ4v) is 2.74. The lowest BCUT2D eigenvalue weighted by Gasteiger charge is -2.24. The van der Waals surface area contributed by atoms with Crippen LogP contribution in [0.5, 0.6) is 0 Å². The van der Waals surface area contributed by atoms with Crippen molar-refractivity contribution in [3.8, 4) is 0 Å². The van der Waals surface area contributed by atoms with Crippen molar-refractivity contribution in [2.45, 2.75) is 45.2 Å². The van der Waals surface area contributed by atoms with Gasteiger partial charge in [-0.05, 0) is 26.8 Å². The fraction of sp³-hybridized carbons (Fsp3) is 0.714. The molecular formula is C14H23N3O2. The molecule has 1 aromatic rings. The van der Waals surface area contributed by atoms with Gasteiger partial charge in [-0.2, -0.15) is 5.10 Å². The number of carbonyl (C=O) groups excluding carboxylic acids is 1. The van der Waals surface area contributed by atoms with Gasteiger partial charge in [0.2, 0.25) is 0 Å².